The number of anilines is 1. The first-order valence-corrected chi connectivity index (χ1v) is 9.46. The summed E-state index contributed by atoms with van der Waals surface area (Å²) in [5.41, 5.74) is 0.406. The predicted molar refractivity (Wildman–Crippen MR) is 113 cm³/mol. The smallest absolute Gasteiger partial charge is 0.293 e. The lowest BCUT2D eigenvalue weighted by molar-refractivity contribution is -0.383. The number of hydrogen-bond acceptors (Lipinski definition) is 4. The van der Waals surface area contributed by atoms with Crippen molar-refractivity contribution in [2.45, 2.75) is 26.2 Å². The van der Waals surface area contributed by atoms with Crippen LogP contribution in [0.1, 0.15) is 37.0 Å². The Labute approximate surface area is 177 Å². The van der Waals surface area contributed by atoms with Crippen LogP contribution in [-0.2, 0) is 12.5 Å². The zero-order valence-corrected chi connectivity index (χ0v) is 17.6. The van der Waals surface area contributed by atoms with E-state index in [0.717, 1.165) is 0 Å². The van der Waals surface area contributed by atoms with Gasteiger partial charge in [-0.2, -0.15) is 5.10 Å². The molecule has 3 aromatic rings. The van der Waals surface area contributed by atoms with Gasteiger partial charge in [0.05, 0.1) is 15.6 Å². The Morgan fingerprint density at radius 1 is 1.23 bits per heavy atom. The number of nitro benzene ring substituents is 1. The first kappa shape index (κ1) is 21.4. The van der Waals surface area contributed by atoms with Crippen LogP contribution in [0.2, 0.25) is 5.02 Å². The molecule has 0 aliphatic rings. The first-order valence-electron chi connectivity index (χ1n) is 9.08. The Balaban J connectivity index is 2.00. The van der Waals surface area contributed by atoms with Gasteiger partial charge in [-0.1, -0.05) is 56.6 Å². The molecule has 2 aromatic carbocycles. The molecule has 1 aromatic heterocycles. The van der Waals surface area contributed by atoms with E-state index in [1.165, 1.54) is 41.1 Å². The standard InChI is InChI=1S/C21H20ClFN4O3/c1-21(2,3)19-17(22)18(26(4)25-19)20(28)24-15-10-9-12(11-16(15)27(29)30)13-7-5-6-8-14(13)23/h5-11H,1-4H3,(H,24,28). The van der Waals surface area contributed by atoms with E-state index < -0.39 is 16.6 Å². The number of nitro groups is 1. The largest absolute Gasteiger partial charge is 0.315 e. The van der Waals surface area contributed by atoms with Crippen molar-refractivity contribution in [1.29, 1.82) is 0 Å². The molecule has 0 atom stereocenters. The number of carbonyl (C=O) groups excluding carboxylic acids is 1. The van der Waals surface area contributed by atoms with E-state index in [9.17, 15) is 19.3 Å². The number of nitrogens with one attached hydrogen (secondary N) is 1. The monoisotopic (exact) mass is 430 g/mol. The SMILES string of the molecule is Cn1nc(C(C)(C)C)c(Cl)c1C(=O)Nc1ccc(-c2ccccc2F)cc1[N+](=O)[O-]. The summed E-state index contributed by atoms with van der Waals surface area (Å²) in [5.74, 6) is -1.13. The molecule has 30 heavy (non-hydrogen) atoms. The van der Waals surface area contributed by atoms with E-state index in [-0.39, 0.29) is 33.1 Å². The molecular formula is C21H20ClFN4O3. The highest BCUT2D eigenvalue weighted by molar-refractivity contribution is 6.35. The van der Waals surface area contributed by atoms with Gasteiger partial charge in [-0.15, -0.1) is 0 Å². The van der Waals surface area contributed by atoms with Crippen LogP contribution in [0.3, 0.4) is 0 Å². The average molecular weight is 431 g/mol. The van der Waals surface area contributed by atoms with Crippen LogP contribution in [0.15, 0.2) is 42.5 Å². The topological polar surface area (TPSA) is 90.1 Å². The van der Waals surface area contributed by atoms with E-state index >= 15 is 0 Å². The predicted octanol–water partition coefficient (Wildman–Crippen LogP) is 5.34. The van der Waals surface area contributed by atoms with Crippen LogP contribution in [0.4, 0.5) is 15.8 Å². The molecule has 0 radical (unpaired) electrons. The second-order valence-corrected chi connectivity index (χ2v) is 8.19. The molecule has 0 aliphatic carbocycles. The Kier molecular flexibility index (Phi) is 5.63. The highest BCUT2D eigenvalue weighted by Gasteiger charge is 2.29. The van der Waals surface area contributed by atoms with Crippen LogP contribution >= 0.6 is 11.6 Å². The van der Waals surface area contributed by atoms with Crippen molar-refractivity contribution >= 4 is 28.9 Å². The lowest BCUT2D eigenvalue weighted by Gasteiger charge is -2.15. The second-order valence-electron chi connectivity index (χ2n) is 7.81. The molecule has 7 nitrogen and oxygen atoms in total. The number of halogens is 2. The van der Waals surface area contributed by atoms with Crippen molar-refractivity contribution in [3.63, 3.8) is 0 Å². The molecule has 0 fully saturated rings. The van der Waals surface area contributed by atoms with Crippen molar-refractivity contribution < 1.29 is 14.1 Å². The summed E-state index contributed by atoms with van der Waals surface area (Å²) in [6.07, 6.45) is 0. The number of hydrogen-bond donors (Lipinski definition) is 1. The van der Waals surface area contributed by atoms with Gasteiger partial charge in [0.25, 0.3) is 11.6 Å². The zero-order chi connectivity index (χ0) is 22.2. The lowest BCUT2D eigenvalue weighted by atomic mass is 9.92. The molecule has 3 rings (SSSR count). The molecule has 1 amide bonds. The molecule has 9 heteroatoms. The number of carbonyl (C=O) groups is 1. The molecule has 1 N–H and O–H groups in total. The third kappa shape index (κ3) is 4.04. The molecule has 0 spiro atoms. The maximum atomic E-state index is 14.1. The van der Waals surface area contributed by atoms with Crippen molar-refractivity contribution in [2.75, 3.05) is 5.32 Å². The molecular weight excluding hydrogens is 411 g/mol. The van der Waals surface area contributed by atoms with E-state index in [1.54, 1.807) is 13.1 Å². The summed E-state index contributed by atoms with van der Waals surface area (Å²) in [6, 6.07) is 10.1. The van der Waals surface area contributed by atoms with Crippen molar-refractivity contribution in [2.24, 2.45) is 7.05 Å². The van der Waals surface area contributed by atoms with Gasteiger partial charge in [-0.3, -0.25) is 19.6 Å². The normalized spacial score (nSPS) is 11.4. The summed E-state index contributed by atoms with van der Waals surface area (Å²) in [5, 5.41) is 18.6. The van der Waals surface area contributed by atoms with Crippen LogP contribution in [-0.4, -0.2) is 20.6 Å². The zero-order valence-electron chi connectivity index (χ0n) is 16.9. The van der Waals surface area contributed by atoms with Gasteiger partial charge in [0.1, 0.15) is 17.2 Å². The van der Waals surface area contributed by atoms with Gasteiger partial charge in [-0.05, 0) is 17.7 Å². The summed E-state index contributed by atoms with van der Waals surface area (Å²) >= 11 is 6.38. The summed E-state index contributed by atoms with van der Waals surface area (Å²) in [4.78, 5) is 23.8. The lowest BCUT2D eigenvalue weighted by Crippen LogP contribution is -2.17. The van der Waals surface area contributed by atoms with Gasteiger partial charge in [-0.25, -0.2) is 4.39 Å². The van der Waals surface area contributed by atoms with E-state index in [2.05, 4.69) is 10.4 Å². The summed E-state index contributed by atoms with van der Waals surface area (Å²) in [6.45, 7) is 5.74. The minimum atomic E-state index is -0.634. The second kappa shape index (κ2) is 7.87. The van der Waals surface area contributed by atoms with Crippen LogP contribution in [0.25, 0.3) is 11.1 Å². The number of nitrogens with zero attached hydrogens (tertiary/aromatic N) is 3. The van der Waals surface area contributed by atoms with E-state index in [1.807, 2.05) is 20.8 Å². The minimum Gasteiger partial charge on any atom is -0.315 e. The third-order valence-corrected chi connectivity index (χ3v) is 4.90. The van der Waals surface area contributed by atoms with Crippen LogP contribution < -0.4 is 5.32 Å². The van der Waals surface area contributed by atoms with Crippen LogP contribution in [0, 0.1) is 15.9 Å². The number of benzene rings is 2. The number of aryl methyl sites for hydroxylation is 1. The molecule has 1 heterocycles. The number of aromatic nitrogens is 2. The maximum absolute atomic E-state index is 14.1. The summed E-state index contributed by atoms with van der Waals surface area (Å²) < 4.78 is 15.4. The van der Waals surface area contributed by atoms with Gasteiger partial charge in [0, 0.05) is 24.1 Å². The molecule has 0 bridgehead atoms. The molecule has 0 saturated heterocycles. The van der Waals surface area contributed by atoms with E-state index in [4.69, 9.17) is 11.6 Å². The molecule has 0 unspecified atom stereocenters. The van der Waals surface area contributed by atoms with Gasteiger partial charge >= 0.3 is 0 Å². The van der Waals surface area contributed by atoms with Gasteiger partial charge in [0.2, 0.25) is 0 Å². The molecule has 0 aliphatic heterocycles. The van der Waals surface area contributed by atoms with E-state index in [0.29, 0.717) is 11.3 Å². The third-order valence-electron chi connectivity index (χ3n) is 4.54. The fraction of sp³-hybridized carbons (Fsp3) is 0.238. The Hall–Kier alpha value is -3.26. The van der Waals surface area contributed by atoms with Crippen molar-refractivity contribution in [1.82, 2.24) is 9.78 Å². The summed E-state index contributed by atoms with van der Waals surface area (Å²) in [7, 11) is 1.58. The van der Waals surface area contributed by atoms with Gasteiger partial charge < -0.3 is 5.32 Å². The van der Waals surface area contributed by atoms with Crippen molar-refractivity contribution in [3.05, 3.63) is 74.8 Å². The van der Waals surface area contributed by atoms with Gasteiger partial charge in [0.15, 0.2) is 0 Å². The minimum absolute atomic E-state index is 0.0281. The van der Waals surface area contributed by atoms with Crippen LogP contribution in [0.5, 0.6) is 0 Å². The average Bonchev–Trinajstić information content (AvgIpc) is 2.97. The maximum Gasteiger partial charge on any atom is 0.293 e. The quantitative estimate of drug-likeness (QED) is 0.447. The fourth-order valence-electron chi connectivity index (χ4n) is 3.06. The fourth-order valence-corrected chi connectivity index (χ4v) is 3.59. The highest BCUT2D eigenvalue weighted by Crippen LogP contribution is 2.34. The number of rotatable bonds is 4. The Morgan fingerprint density at radius 2 is 1.90 bits per heavy atom. The highest BCUT2D eigenvalue weighted by atomic mass is 35.5. The Bertz CT molecular complexity index is 1150. The molecule has 156 valence electrons. The Morgan fingerprint density at radius 3 is 2.47 bits per heavy atom. The van der Waals surface area contributed by atoms with Crippen molar-refractivity contribution in [3.8, 4) is 11.1 Å². The molecule has 0 saturated carbocycles. The first-order chi connectivity index (χ1) is 14.0. The number of amides is 1.